The molecule has 2 atom stereocenters. The number of carbonyl (C=O) groups excluding carboxylic acids is 2. The van der Waals surface area contributed by atoms with Gasteiger partial charge in [-0.3, -0.25) is 4.79 Å². The summed E-state index contributed by atoms with van der Waals surface area (Å²) < 4.78 is 0. The van der Waals surface area contributed by atoms with Crippen LogP contribution < -0.4 is 5.32 Å². The summed E-state index contributed by atoms with van der Waals surface area (Å²) in [4.78, 5) is 26.7. The van der Waals surface area contributed by atoms with Gasteiger partial charge in [-0.25, -0.2) is 4.79 Å². The lowest BCUT2D eigenvalue weighted by Crippen LogP contribution is -2.54. The van der Waals surface area contributed by atoms with Gasteiger partial charge in [0.1, 0.15) is 5.78 Å². The van der Waals surface area contributed by atoms with E-state index in [1.807, 2.05) is 4.90 Å². The molecule has 21 heavy (non-hydrogen) atoms. The van der Waals surface area contributed by atoms with Gasteiger partial charge < -0.3 is 10.2 Å². The molecule has 4 heteroatoms. The van der Waals surface area contributed by atoms with Crippen molar-refractivity contribution < 1.29 is 9.59 Å². The van der Waals surface area contributed by atoms with E-state index in [1.165, 1.54) is 19.3 Å². The molecule has 0 spiro atoms. The van der Waals surface area contributed by atoms with Gasteiger partial charge in [0.25, 0.3) is 0 Å². The molecule has 3 fully saturated rings. The maximum atomic E-state index is 12.6. The SMILES string of the molecule is O=C1CCCC1C1CCCCN1C(=O)NC1CCCCC1. The van der Waals surface area contributed by atoms with Gasteiger partial charge in [0.2, 0.25) is 0 Å². The summed E-state index contributed by atoms with van der Waals surface area (Å²) in [6, 6.07) is 0.608. The van der Waals surface area contributed by atoms with Gasteiger partial charge in [-0.15, -0.1) is 0 Å². The lowest BCUT2D eigenvalue weighted by atomic mass is 9.88. The van der Waals surface area contributed by atoms with E-state index in [0.717, 1.165) is 57.9 Å². The summed E-state index contributed by atoms with van der Waals surface area (Å²) in [7, 11) is 0. The number of nitrogens with one attached hydrogen (secondary N) is 1. The van der Waals surface area contributed by atoms with Gasteiger partial charge in [-0.2, -0.15) is 0 Å². The van der Waals surface area contributed by atoms with E-state index in [9.17, 15) is 9.59 Å². The zero-order chi connectivity index (χ0) is 14.7. The highest BCUT2D eigenvalue weighted by atomic mass is 16.2. The molecule has 0 radical (unpaired) electrons. The minimum absolute atomic E-state index is 0.0892. The number of likely N-dealkylation sites (tertiary alicyclic amines) is 1. The second kappa shape index (κ2) is 6.80. The Morgan fingerprint density at radius 1 is 0.952 bits per heavy atom. The number of ketones is 1. The molecule has 2 saturated carbocycles. The lowest BCUT2D eigenvalue weighted by molar-refractivity contribution is -0.122. The summed E-state index contributed by atoms with van der Waals surface area (Å²) in [6.07, 6.45) is 12.0. The highest BCUT2D eigenvalue weighted by Gasteiger charge is 2.39. The molecule has 3 aliphatic rings. The Labute approximate surface area is 127 Å². The van der Waals surface area contributed by atoms with Crippen LogP contribution in [0.4, 0.5) is 4.79 Å². The van der Waals surface area contributed by atoms with Gasteiger partial charge in [0.05, 0.1) is 0 Å². The van der Waals surface area contributed by atoms with Crippen LogP contribution in [0.1, 0.15) is 70.6 Å². The van der Waals surface area contributed by atoms with Crippen LogP contribution in [0.3, 0.4) is 0 Å². The van der Waals surface area contributed by atoms with Crippen molar-refractivity contribution >= 4 is 11.8 Å². The van der Waals surface area contributed by atoms with E-state index < -0.39 is 0 Å². The van der Waals surface area contributed by atoms with E-state index in [0.29, 0.717) is 11.8 Å². The largest absolute Gasteiger partial charge is 0.335 e. The number of urea groups is 1. The molecular weight excluding hydrogens is 264 g/mol. The standard InChI is InChI=1S/C17H28N2O2/c20-16-11-6-9-14(16)15-10-4-5-12-19(15)17(21)18-13-7-2-1-3-8-13/h13-15H,1-12H2,(H,18,21). The van der Waals surface area contributed by atoms with Gasteiger partial charge in [-0.1, -0.05) is 19.3 Å². The van der Waals surface area contributed by atoms with Gasteiger partial charge >= 0.3 is 6.03 Å². The molecule has 1 saturated heterocycles. The van der Waals surface area contributed by atoms with E-state index in [4.69, 9.17) is 0 Å². The third-order valence-electron chi connectivity index (χ3n) is 5.56. The van der Waals surface area contributed by atoms with Gasteiger partial charge in [0, 0.05) is 31.0 Å². The summed E-state index contributed by atoms with van der Waals surface area (Å²) >= 11 is 0. The molecule has 2 amide bonds. The van der Waals surface area contributed by atoms with Crippen molar-refractivity contribution in [2.24, 2.45) is 5.92 Å². The summed E-state index contributed by atoms with van der Waals surface area (Å²) in [6.45, 7) is 0.826. The van der Waals surface area contributed by atoms with Crippen LogP contribution in [0, 0.1) is 5.92 Å². The monoisotopic (exact) mass is 292 g/mol. The molecule has 3 rings (SSSR count). The minimum Gasteiger partial charge on any atom is -0.335 e. The first-order valence-electron chi connectivity index (χ1n) is 8.85. The number of Topliss-reactive ketones (excluding diaryl/α,β-unsaturated/α-hetero) is 1. The van der Waals surface area contributed by atoms with Crippen LogP contribution >= 0.6 is 0 Å². The molecule has 0 bridgehead atoms. The quantitative estimate of drug-likeness (QED) is 0.849. The number of nitrogens with zero attached hydrogens (tertiary/aromatic N) is 1. The maximum Gasteiger partial charge on any atom is 0.317 e. The normalized spacial score (nSPS) is 31.4. The third kappa shape index (κ3) is 3.41. The van der Waals surface area contributed by atoms with Crippen molar-refractivity contribution in [2.75, 3.05) is 6.54 Å². The average Bonchev–Trinajstić information content (AvgIpc) is 2.94. The van der Waals surface area contributed by atoms with Crippen LogP contribution in [-0.2, 0) is 4.79 Å². The van der Waals surface area contributed by atoms with Crippen LogP contribution in [-0.4, -0.2) is 35.3 Å². The molecule has 0 aromatic carbocycles. The van der Waals surface area contributed by atoms with E-state index in [2.05, 4.69) is 5.32 Å². The zero-order valence-corrected chi connectivity index (χ0v) is 13.0. The van der Waals surface area contributed by atoms with Crippen LogP contribution in [0.2, 0.25) is 0 Å². The first kappa shape index (κ1) is 14.9. The minimum atomic E-state index is 0.0892. The van der Waals surface area contributed by atoms with Crippen molar-refractivity contribution in [3.63, 3.8) is 0 Å². The second-order valence-electron chi connectivity index (χ2n) is 7.01. The highest BCUT2D eigenvalue weighted by molar-refractivity contribution is 5.84. The summed E-state index contributed by atoms with van der Waals surface area (Å²) in [5.41, 5.74) is 0. The number of hydrogen-bond donors (Lipinski definition) is 1. The molecular formula is C17H28N2O2. The van der Waals surface area contributed by atoms with E-state index >= 15 is 0 Å². The number of amides is 2. The van der Waals surface area contributed by atoms with Crippen molar-refractivity contribution in [1.29, 1.82) is 0 Å². The Hall–Kier alpha value is -1.06. The topological polar surface area (TPSA) is 49.4 Å². The number of hydrogen-bond acceptors (Lipinski definition) is 2. The van der Waals surface area contributed by atoms with Crippen molar-refractivity contribution in [3.8, 4) is 0 Å². The fourth-order valence-corrected chi connectivity index (χ4v) is 4.38. The predicted molar refractivity (Wildman–Crippen MR) is 82.1 cm³/mol. The number of rotatable bonds is 2. The summed E-state index contributed by atoms with van der Waals surface area (Å²) in [5, 5.41) is 3.23. The Morgan fingerprint density at radius 3 is 2.43 bits per heavy atom. The van der Waals surface area contributed by atoms with Crippen LogP contribution in [0.15, 0.2) is 0 Å². The molecule has 1 aliphatic heterocycles. The second-order valence-corrected chi connectivity index (χ2v) is 7.01. The molecule has 1 heterocycles. The zero-order valence-electron chi connectivity index (χ0n) is 13.0. The smallest absolute Gasteiger partial charge is 0.317 e. The fourth-order valence-electron chi connectivity index (χ4n) is 4.38. The van der Waals surface area contributed by atoms with E-state index in [-0.39, 0.29) is 18.0 Å². The van der Waals surface area contributed by atoms with Crippen molar-refractivity contribution in [2.45, 2.75) is 82.7 Å². The maximum absolute atomic E-state index is 12.6. The Morgan fingerprint density at radius 2 is 1.71 bits per heavy atom. The van der Waals surface area contributed by atoms with E-state index in [1.54, 1.807) is 0 Å². The Bertz CT molecular complexity index is 390. The first-order chi connectivity index (χ1) is 10.3. The molecule has 2 unspecified atom stereocenters. The van der Waals surface area contributed by atoms with Gasteiger partial charge in [0.15, 0.2) is 0 Å². The van der Waals surface area contributed by atoms with Crippen molar-refractivity contribution in [1.82, 2.24) is 10.2 Å². The number of carbonyl (C=O) groups is 2. The fraction of sp³-hybridized carbons (Fsp3) is 0.882. The summed E-state index contributed by atoms with van der Waals surface area (Å²) in [5.74, 6) is 0.500. The van der Waals surface area contributed by atoms with Crippen molar-refractivity contribution in [3.05, 3.63) is 0 Å². The molecule has 118 valence electrons. The predicted octanol–water partition coefficient (Wildman–Crippen LogP) is 3.25. The highest BCUT2D eigenvalue weighted by Crippen LogP contribution is 2.32. The molecule has 0 aromatic rings. The molecule has 4 nitrogen and oxygen atoms in total. The third-order valence-corrected chi connectivity index (χ3v) is 5.56. The van der Waals surface area contributed by atoms with Gasteiger partial charge in [-0.05, 0) is 44.9 Å². The Balaban J connectivity index is 1.62. The first-order valence-corrected chi connectivity index (χ1v) is 8.85. The molecule has 1 N–H and O–H groups in total. The molecule has 2 aliphatic carbocycles. The molecule has 0 aromatic heterocycles. The lowest BCUT2D eigenvalue weighted by Gasteiger charge is -2.39. The Kier molecular flexibility index (Phi) is 4.81. The van der Waals surface area contributed by atoms with Crippen LogP contribution in [0.25, 0.3) is 0 Å². The van der Waals surface area contributed by atoms with Crippen LogP contribution in [0.5, 0.6) is 0 Å². The number of piperidine rings is 1. The average molecular weight is 292 g/mol.